The zero-order valence-electron chi connectivity index (χ0n) is 17.4. The fourth-order valence-electron chi connectivity index (χ4n) is 3.51. The van der Waals surface area contributed by atoms with Gasteiger partial charge in [-0.15, -0.1) is 11.8 Å². The highest BCUT2D eigenvalue weighted by Crippen LogP contribution is 2.43. The first-order chi connectivity index (χ1) is 15.3. The number of rotatable bonds is 5. The highest BCUT2D eigenvalue weighted by molar-refractivity contribution is 7.98. The van der Waals surface area contributed by atoms with Crippen molar-refractivity contribution in [1.29, 1.82) is 5.26 Å². The molecule has 1 aliphatic rings. The maximum absolute atomic E-state index is 12.6. The summed E-state index contributed by atoms with van der Waals surface area (Å²) >= 11 is 1.62. The van der Waals surface area contributed by atoms with Gasteiger partial charge in [0.05, 0.1) is 5.92 Å². The van der Waals surface area contributed by atoms with E-state index in [1.807, 2.05) is 37.4 Å². The first-order valence-electron chi connectivity index (χ1n) is 9.69. The van der Waals surface area contributed by atoms with E-state index in [0.717, 1.165) is 16.0 Å². The first-order valence-corrected chi connectivity index (χ1v) is 12.3. The lowest BCUT2D eigenvalue weighted by atomic mass is 9.83. The molecule has 3 aromatic rings. The van der Waals surface area contributed by atoms with Crippen LogP contribution < -0.4 is 14.7 Å². The van der Waals surface area contributed by atoms with Gasteiger partial charge in [0.1, 0.15) is 28.0 Å². The largest absolute Gasteiger partial charge is 0.440 e. The molecule has 0 spiro atoms. The van der Waals surface area contributed by atoms with Crippen LogP contribution in [0.5, 0.6) is 11.5 Å². The lowest BCUT2D eigenvalue weighted by Crippen LogP contribution is -2.21. The second-order valence-electron chi connectivity index (χ2n) is 7.25. The number of aryl methyl sites for hydroxylation is 1. The molecule has 0 fully saturated rings. The van der Waals surface area contributed by atoms with Crippen LogP contribution in [0.3, 0.4) is 0 Å². The Morgan fingerprint density at radius 2 is 1.75 bits per heavy atom. The number of nitriles is 1. The van der Waals surface area contributed by atoms with Crippen molar-refractivity contribution < 1.29 is 17.3 Å². The molecule has 1 aliphatic heterocycles. The van der Waals surface area contributed by atoms with E-state index < -0.39 is 16.0 Å². The topological polar surface area (TPSA) is 102 Å². The Balaban J connectivity index is 1.71. The second-order valence-corrected chi connectivity index (χ2v) is 9.67. The summed E-state index contributed by atoms with van der Waals surface area (Å²) in [6, 6.07) is 21.1. The molecule has 0 bridgehead atoms. The smallest absolute Gasteiger partial charge is 0.339 e. The highest BCUT2D eigenvalue weighted by Gasteiger charge is 2.31. The number of nitrogens with two attached hydrogens (primary N) is 1. The number of allylic oxidation sites excluding steroid dienone is 1. The van der Waals surface area contributed by atoms with E-state index in [0.29, 0.717) is 16.9 Å². The van der Waals surface area contributed by atoms with Crippen LogP contribution in [0.15, 0.2) is 88.0 Å². The SMILES string of the molecule is CSc1ccc(C2C(C#N)=C(N)Oc3cc(OS(=O)(=O)c4ccc(C)cc4)ccc32)cc1. The summed E-state index contributed by atoms with van der Waals surface area (Å²) in [5.41, 5.74) is 8.87. The zero-order valence-corrected chi connectivity index (χ0v) is 19.0. The van der Waals surface area contributed by atoms with Gasteiger partial charge < -0.3 is 14.7 Å². The number of benzene rings is 3. The average molecular weight is 465 g/mol. The van der Waals surface area contributed by atoms with Gasteiger partial charge in [-0.05, 0) is 49.1 Å². The van der Waals surface area contributed by atoms with Crippen LogP contribution in [0.4, 0.5) is 0 Å². The third-order valence-corrected chi connectivity index (χ3v) is 7.16. The summed E-state index contributed by atoms with van der Waals surface area (Å²) in [6.45, 7) is 1.87. The quantitative estimate of drug-likeness (QED) is 0.431. The zero-order chi connectivity index (χ0) is 22.9. The number of ether oxygens (including phenoxy) is 1. The first kappa shape index (κ1) is 21.8. The molecule has 3 aromatic carbocycles. The minimum absolute atomic E-state index is 0.0162. The van der Waals surface area contributed by atoms with Crippen molar-refractivity contribution in [3.63, 3.8) is 0 Å². The molecular formula is C24H20N2O4S2. The van der Waals surface area contributed by atoms with Gasteiger partial charge >= 0.3 is 10.1 Å². The van der Waals surface area contributed by atoms with Crippen molar-refractivity contribution in [2.45, 2.75) is 22.6 Å². The fraction of sp³-hybridized carbons (Fsp3) is 0.125. The van der Waals surface area contributed by atoms with Crippen LogP contribution in [-0.4, -0.2) is 14.7 Å². The highest BCUT2D eigenvalue weighted by atomic mass is 32.2. The Labute approximate surface area is 191 Å². The summed E-state index contributed by atoms with van der Waals surface area (Å²) in [6.07, 6.45) is 1.99. The minimum Gasteiger partial charge on any atom is -0.440 e. The van der Waals surface area contributed by atoms with Crippen LogP contribution in [0.25, 0.3) is 0 Å². The predicted molar refractivity (Wildman–Crippen MR) is 123 cm³/mol. The van der Waals surface area contributed by atoms with Crippen LogP contribution in [0, 0.1) is 18.3 Å². The molecule has 0 aromatic heterocycles. The Morgan fingerprint density at radius 1 is 1.06 bits per heavy atom. The van der Waals surface area contributed by atoms with Gasteiger partial charge in [-0.1, -0.05) is 35.9 Å². The lowest BCUT2D eigenvalue weighted by Gasteiger charge is -2.26. The maximum atomic E-state index is 12.6. The van der Waals surface area contributed by atoms with Crippen molar-refractivity contribution in [2.75, 3.05) is 6.26 Å². The number of nitrogens with zero attached hydrogens (tertiary/aromatic N) is 1. The van der Waals surface area contributed by atoms with Crippen molar-refractivity contribution >= 4 is 21.9 Å². The predicted octanol–water partition coefficient (Wildman–Crippen LogP) is 4.70. The summed E-state index contributed by atoms with van der Waals surface area (Å²) < 4.78 is 36.3. The van der Waals surface area contributed by atoms with Gasteiger partial charge in [0.15, 0.2) is 0 Å². The van der Waals surface area contributed by atoms with E-state index in [1.165, 1.54) is 18.2 Å². The monoisotopic (exact) mass is 464 g/mol. The third kappa shape index (κ3) is 4.17. The van der Waals surface area contributed by atoms with Gasteiger partial charge in [0.25, 0.3) is 0 Å². The summed E-state index contributed by atoms with van der Waals surface area (Å²) in [7, 11) is -4.01. The van der Waals surface area contributed by atoms with Crippen LogP contribution >= 0.6 is 11.8 Å². The molecular weight excluding hydrogens is 444 g/mol. The Kier molecular flexibility index (Phi) is 5.87. The van der Waals surface area contributed by atoms with Crippen molar-refractivity contribution in [3.05, 3.63) is 94.9 Å². The van der Waals surface area contributed by atoms with Crippen LogP contribution in [-0.2, 0) is 10.1 Å². The molecule has 0 amide bonds. The number of hydrogen-bond acceptors (Lipinski definition) is 7. The van der Waals surface area contributed by atoms with Gasteiger partial charge in [0.2, 0.25) is 5.88 Å². The van der Waals surface area contributed by atoms with Crippen LogP contribution in [0.1, 0.15) is 22.6 Å². The van der Waals surface area contributed by atoms with Crippen molar-refractivity contribution in [2.24, 2.45) is 5.73 Å². The Hall–Kier alpha value is -3.41. The molecule has 0 radical (unpaired) electrons. The minimum atomic E-state index is -4.01. The number of thioether (sulfide) groups is 1. The molecule has 0 aliphatic carbocycles. The molecule has 1 heterocycles. The second kappa shape index (κ2) is 8.61. The summed E-state index contributed by atoms with van der Waals surface area (Å²) in [4.78, 5) is 1.15. The normalized spacial score (nSPS) is 15.5. The Morgan fingerprint density at radius 3 is 2.38 bits per heavy atom. The van der Waals surface area contributed by atoms with Gasteiger partial charge in [-0.3, -0.25) is 0 Å². The Bertz CT molecular complexity index is 1340. The lowest BCUT2D eigenvalue weighted by molar-refractivity contribution is 0.391. The molecule has 1 atom stereocenters. The molecule has 162 valence electrons. The van der Waals surface area contributed by atoms with E-state index in [1.54, 1.807) is 36.0 Å². The average Bonchev–Trinajstić information content (AvgIpc) is 2.78. The fourth-order valence-corrected chi connectivity index (χ4v) is 4.84. The molecule has 32 heavy (non-hydrogen) atoms. The molecule has 2 N–H and O–H groups in total. The van der Waals surface area contributed by atoms with E-state index >= 15 is 0 Å². The third-order valence-electron chi connectivity index (χ3n) is 5.16. The van der Waals surface area contributed by atoms with E-state index in [9.17, 15) is 13.7 Å². The van der Waals surface area contributed by atoms with E-state index in [2.05, 4.69) is 6.07 Å². The van der Waals surface area contributed by atoms with Gasteiger partial charge in [-0.2, -0.15) is 13.7 Å². The van der Waals surface area contributed by atoms with E-state index in [4.69, 9.17) is 14.7 Å². The number of hydrogen-bond donors (Lipinski definition) is 1. The molecule has 8 heteroatoms. The number of fused-ring (bicyclic) bond motifs is 1. The van der Waals surface area contributed by atoms with Gasteiger partial charge in [0, 0.05) is 16.5 Å². The van der Waals surface area contributed by atoms with E-state index in [-0.39, 0.29) is 16.5 Å². The summed E-state index contributed by atoms with van der Waals surface area (Å²) in [5.74, 6) is -0.00837. The van der Waals surface area contributed by atoms with Crippen LogP contribution in [0.2, 0.25) is 0 Å². The molecule has 0 saturated carbocycles. The standard InChI is InChI=1S/C24H20N2O4S2/c1-15-3-10-19(11-4-15)32(27,28)30-17-7-12-20-22(13-17)29-24(26)21(14-25)23(20)16-5-8-18(31-2)9-6-16/h3-13,23H,26H2,1-2H3. The summed E-state index contributed by atoms with van der Waals surface area (Å²) in [5, 5.41) is 9.70. The molecule has 0 saturated heterocycles. The molecule has 6 nitrogen and oxygen atoms in total. The van der Waals surface area contributed by atoms with Crippen molar-refractivity contribution in [3.8, 4) is 17.6 Å². The van der Waals surface area contributed by atoms with Gasteiger partial charge in [-0.25, -0.2) is 0 Å². The molecule has 4 rings (SSSR count). The molecule has 1 unspecified atom stereocenters. The maximum Gasteiger partial charge on any atom is 0.339 e. The van der Waals surface area contributed by atoms with Crippen molar-refractivity contribution in [1.82, 2.24) is 0 Å².